The summed E-state index contributed by atoms with van der Waals surface area (Å²) in [5.41, 5.74) is 0.388. The van der Waals surface area contributed by atoms with Crippen LogP contribution >= 0.6 is 0 Å². The number of hydrogen-bond donors (Lipinski definition) is 2. The van der Waals surface area contributed by atoms with Crippen LogP contribution in [0.2, 0.25) is 0 Å². The average Bonchev–Trinajstić information content (AvgIpc) is 2.90. The third-order valence-corrected chi connectivity index (χ3v) is 4.13. The Kier molecular flexibility index (Phi) is 5.70. The molecule has 1 aliphatic heterocycles. The first kappa shape index (κ1) is 19.2. The molecule has 0 unspecified atom stereocenters. The molecule has 0 saturated carbocycles. The van der Waals surface area contributed by atoms with E-state index in [2.05, 4.69) is 10.6 Å². The lowest BCUT2D eigenvalue weighted by Crippen LogP contribution is -2.48. The number of nitrogens with one attached hydrogen (secondary N) is 2. The quantitative estimate of drug-likeness (QED) is 0.881. The van der Waals surface area contributed by atoms with Gasteiger partial charge in [-0.3, -0.25) is 4.79 Å². The van der Waals surface area contributed by atoms with Crippen molar-refractivity contribution in [3.63, 3.8) is 0 Å². The van der Waals surface area contributed by atoms with Crippen molar-refractivity contribution < 1.29 is 14.0 Å². The van der Waals surface area contributed by atoms with Crippen LogP contribution < -0.4 is 10.6 Å². The first-order valence-corrected chi connectivity index (χ1v) is 8.70. The molecule has 1 aliphatic rings. The highest BCUT2D eigenvalue weighted by Gasteiger charge is 2.41. The van der Waals surface area contributed by atoms with Gasteiger partial charge in [0.1, 0.15) is 5.82 Å². The SMILES string of the molecule is CC(C)NC(=O)[C@H]1CN(C(=O)NC(C)(C)C)C[C@@H]1c1cccc(F)c1. The fraction of sp³-hybridized carbons (Fsp3) is 0.579. The molecule has 2 rings (SSSR count). The summed E-state index contributed by atoms with van der Waals surface area (Å²) in [5.74, 6) is -1.05. The van der Waals surface area contributed by atoms with Crippen LogP contribution in [-0.4, -0.2) is 41.5 Å². The zero-order chi connectivity index (χ0) is 18.8. The molecule has 1 heterocycles. The Hall–Kier alpha value is -2.11. The largest absolute Gasteiger partial charge is 0.354 e. The van der Waals surface area contributed by atoms with Crippen molar-refractivity contribution in [2.24, 2.45) is 5.92 Å². The molecular formula is C19H28FN3O2. The molecule has 0 spiro atoms. The molecule has 1 aromatic rings. The number of likely N-dealkylation sites (tertiary alicyclic amines) is 1. The number of hydrogen-bond acceptors (Lipinski definition) is 2. The molecule has 25 heavy (non-hydrogen) atoms. The zero-order valence-corrected chi connectivity index (χ0v) is 15.6. The molecule has 3 amide bonds. The van der Waals surface area contributed by atoms with Crippen molar-refractivity contribution in [1.29, 1.82) is 0 Å². The number of urea groups is 1. The Morgan fingerprint density at radius 3 is 2.48 bits per heavy atom. The van der Waals surface area contributed by atoms with Gasteiger partial charge in [-0.1, -0.05) is 12.1 Å². The lowest BCUT2D eigenvalue weighted by molar-refractivity contribution is -0.125. The standard InChI is InChI=1S/C19H28FN3O2/c1-12(2)21-17(24)16-11-23(18(25)22-19(3,4)5)10-15(16)13-7-6-8-14(20)9-13/h6-9,12,15-16H,10-11H2,1-5H3,(H,21,24)(H,22,25)/t15-,16+/m1/s1. The first-order valence-electron chi connectivity index (χ1n) is 8.70. The third-order valence-electron chi connectivity index (χ3n) is 4.13. The highest BCUT2D eigenvalue weighted by Crippen LogP contribution is 2.33. The molecule has 138 valence electrons. The third kappa shape index (κ3) is 5.18. The summed E-state index contributed by atoms with van der Waals surface area (Å²) < 4.78 is 13.6. The van der Waals surface area contributed by atoms with Crippen LogP contribution in [0.3, 0.4) is 0 Å². The Morgan fingerprint density at radius 2 is 1.92 bits per heavy atom. The molecule has 0 aliphatic carbocycles. The van der Waals surface area contributed by atoms with Crippen molar-refractivity contribution in [3.05, 3.63) is 35.6 Å². The number of carbonyl (C=O) groups is 2. The second-order valence-corrected chi connectivity index (χ2v) is 8.02. The molecule has 0 radical (unpaired) electrons. The minimum absolute atomic E-state index is 0.0121. The molecule has 0 aromatic heterocycles. The van der Waals surface area contributed by atoms with Crippen molar-refractivity contribution >= 4 is 11.9 Å². The Balaban J connectivity index is 2.24. The van der Waals surface area contributed by atoms with Gasteiger partial charge in [0, 0.05) is 30.6 Å². The second kappa shape index (κ2) is 7.42. The van der Waals surface area contributed by atoms with Gasteiger partial charge in [0.15, 0.2) is 0 Å². The summed E-state index contributed by atoms with van der Waals surface area (Å²) >= 11 is 0. The molecule has 2 N–H and O–H groups in total. The van der Waals surface area contributed by atoms with E-state index in [0.717, 1.165) is 5.56 Å². The maximum atomic E-state index is 13.6. The number of halogens is 1. The maximum Gasteiger partial charge on any atom is 0.317 e. The summed E-state index contributed by atoms with van der Waals surface area (Å²) in [6.45, 7) is 10.2. The highest BCUT2D eigenvalue weighted by molar-refractivity contribution is 5.83. The maximum absolute atomic E-state index is 13.6. The topological polar surface area (TPSA) is 61.4 Å². The van der Waals surface area contributed by atoms with Gasteiger partial charge in [-0.2, -0.15) is 0 Å². The van der Waals surface area contributed by atoms with E-state index in [1.807, 2.05) is 40.7 Å². The predicted molar refractivity (Wildman–Crippen MR) is 95.8 cm³/mol. The van der Waals surface area contributed by atoms with Gasteiger partial charge in [0.2, 0.25) is 5.91 Å². The number of nitrogens with zero attached hydrogens (tertiary/aromatic N) is 1. The van der Waals surface area contributed by atoms with E-state index in [9.17, 15) is 14.0 Å². The second-order valence-electron chi connectivity index (χ2n) is 8.02. The summed E-state index contributed by atoms with van der Waals surface area (Å²) in [6.07, 6.45) is 0. The molecule has 2 atom stereocenters. The van der Waals surface area contributed by atoms with Gasteiger partial charge < -0.3 is 15.5 Å². The van der Waals surface area contributed by atoms with E-state index < -0.39 is 5.92 Å². The van der Waals surface area contributed by atoms with E-state index >= 15 is 0 Å². The number of amides is 3. The van der Waals surface area contributed by atoms with Crippen LogP contribution in [0.5, 0.6) is 0 Å². The molecule has 0 bridgehead atoms. The van der Waals surface area contributed by atoms with E-state index in [0.29, 0.717) is 13.1 Å². The summed E-state index contributed by atoms with van der Waals surface area (Å²) in [7, 11) is 0. The minimum atomic E-state index is -0.394. The normalized spacial score (nSPS) is 20.7. The fourth-order valence-corrected chi connectivity index (χ4v) is 3.10. The van der Waals surface area contributed by atoms with Crippen molar-refractivity contribution in [2.75, 3.05) is 13.1 Å². The van der Waals surface area contributed by atoms with Crippen LogP contribution in [0.1, 0.15) is 46.1 Å². The molecular weight excluding hydrogens is 321 g/mol. The molecule has 1 saturated heterocycles. The Labute approximate surface area is 149 Å². The van der Waals surface area contributed by atoms with E-state index in [4.69, 9.17) is 0 Å². The van der Waals surface area contributed by atoms with Gasteiger partial charge in [-0.15, -0.1) is 0 Å². The van der Waals surface area contributed by atoms with Crippen LogP contribution in [0.15, 0.2) is 24.3 Å². The molecule has 1 aromatic carbocycles. The number of rotatable bonds is 3. The minimum Gasteiger partial charge on any atom is -0.354 e. The van der Waals surface area contributed by atoms with Gasteiger partial charge in [-0.25, -0.2) is 9.18 Å². The molecule has 1 fully saturated rings. The summed E-state index contributed by atoms with van der Waals surface area (Å²) in [5, 5.41) is 5.84. The first-order chi connectivity index (χ1) is 11.6. The lowest BCUT2D eigenvalue weighted by atomic mass is 9.88. The van der Waals surface area contributed by atoms with Gasteiger partial charge in [0.05, 0.1) is 5.92 Å². The Morgan fingerprint density at radius 1 is 1.24 bits per heavy atom. The van der Waals surface area contributed by atoms with Crippen LogP contribution in [0, 0.1) is 11.7 Å². The van der Waals surface area contributed by atoms with Crippen molar-refractivity contribution in [3.8, 4) is 0 Å². The predicted octanol–water partition coefficient (Wildman–Crippen LogP) is 2.87. The van der Waals surface area contributed by atoms with E-state index in [1.165, 1.54) is 12.1 Å². The zero-order valence-electron chi connectivity index (χ0n) is 15.6. The number of benzene rings is 1. The Bertz CT molecular complexity index is 640. The monoisotopic (exact) mass is 349 g/mol. The van der Waals surface area contributed by atoms with Crippen molar-refractivity contribution in [2.45, 2.75) is 52.1 Å². The average molecular weight is 349 g/mol. The van der Waals surface area contributed by atoms with E-state index in [-0.39, 0.29) is 35.3 Å². The van der Waals surface area contributed by atoms with Crippen LogP contribution in [0.4, 0.5) is 9.18 Å². The van der Waals surface area contributed by atoms with Crippen LogP contribution in [0.25, 0.3) is 0 Å². The summed E-state index contributed by atoms with van der Waals surface area (Å²) in [6, 6.07) is 6.10. The summed E-state index contributed by atoms with van der Waals surface area (Å²) in [4.78, 5) is 26.8. The van der Waals surface area contributed by atoms with Crippen LogP contribution in [-0.2, 0) is 4.79 Å². The number of carbonyl (C=O) groups excluding carboxylic acids is 2. The molecule has 6 heteroatoms. The van der Waals surface area contributed by atoms with Gasteiger partial charge in [0.25, 0.3) is 0 Å². The highest BCUT2D eigenvalue weighted by atomic mass is 19.1. The fourth-order valence-electron chi connectivity index (χ4n) is 3.10. The van der Waals surface area contributed by atoms with Gasteiger partial charge in [-0.05, 0) is 52.3 Å². The van der Waals surface area contributed by atoms with E-state index in [1.54, 1.807) is 11.0 Å². The lowest BCUT2D eigenvalue weighted by Gasteiger charge is -2.25. The van der Waals surface area contributed by atoms with Gasteiger partial charge >= 0.3 is 6.03 Å². The smallest absolute Gasteiger partial charge is 0.317 e. The molecule has 5 nitrogen and oxygen atoms in total. The van der Waals surface area contributed by atoms with Crippen molar-refractivity contribution in [1.82, 2.24) is 15.5 Å².